The Morgan fingerprint density at radius 2 is 1.59 bits per heavy atom. The lowest BCUT2D eigenvalue weighted by atomic mass is 9.76. The summed E-state index contributed by atoms with van der Waals surface area (Å²) in [4.78, 5) is 0. The second-order valence-corrected chi connectivity index (χ2v) is 6.15. The summed E-state index contributed by atoms with van der Waals surface area (Å²) >= 11 is 0. The molecule has 0 spiro atoms. The van der Waals surface area contributed by atoms with Crippen molar-refractivity contribution in [2.24, 2.45) is 17.1 Å². The molecule has 0 saturated heterocycles. The van der Waals surface area contributed by atoms with Crippen molar-refractivity contribution in [1.82, 2.24) is 0 Å². The number of rotatable bonds is 0. The summed E-state index contributed by atoms with van der Waals surface area (Å²) in [5, 5.41) is 0. The van der Waals surface area contributed by atoms with E-state index in [-0.39, 0.29) is 30.7 Å². The minimum atomic E-state index is -4.26. The molecule has 17 heavy (non-hydrogen) atoms. The number of nitrogens with two attached hydrogens (primary N) is 1. The van der Waals surface area contributed by atoms with E-state index in [0.29, 0.717) is 18.8 Å². The Labute approximate surface area is 108 Å². The van der Waals surface area contributed by atoms with E-state index in [1.165, 1.54) is 0 Å². The molecule has 1 nitrogen and oxygen atoms in total. The average Bonchev–Trinajstić information content (AvgIpc) is 2.25. The summed E-state index contributed by atoms with van der Waals surface area (Å²) in [5.74, 6) is 0.347. The Hall–Kier alpha value is 0.0400. The van der Waals surface area contributed by atoms with Gasteiger partial charge in [-0.25, -0.2) is 0 Å². The van der Waals surface area contributed by atoms with Gasteiger partial charge in [-0.1, -0.05) is 27.2 Å². The number of halogens is 4. The molecule has 2 atom stereocenters. The molecule has 1 rings (SSSR count). The first-order chi connectivity index (χ1) is 7.06. The zero-order valence-electron chi connectivity index (χ0n) is 10.7. The maximum absolute atomic E-state index is 12.8. The fourth-order valence-electron chi connectivity index (χ4n) is 2.51. The van der Waals surface area contributed by atoms with Crippen molar-refractivity contribution < 1.29 is 13.2 Å². The van der Waals surface area contributed by atoms with E-state index in [9.17, 15) is 13.2 Å². The molecule has 0 radical (unpaired) electrons. The molecule has 2 unspecified atom stereocenters. The molecular weight excluding hydrogens is 251 g/mol. The van der Waals surface area contributed by atoms with Crippen LogP contribution in [0.3, 0.4) is 0 Å². The third-order valence-electron chi connectivity index (χ3n) is 3.90. The number of hydrogen-bond donors (Lipinski definition) is 1. The maximum Gasteiger partial charge on any atom is 0.406 e. The van der Waals surface area contributed by atoms with Crippen LogP contribution in [0.5, 0.6) is 0 Å². The summed E-state index contributed by atoms with van der Waals surface area (Å²) in [7, 11) is 0. The van der Waals surface area contributed by atoms with Gasteiger partial charge in [-0.15, -0.1) is 12.4 Å². The predicted octanol–water partition coefficient (Wildman–Crippen LogP) is 4.29. The van der Waals surface area contributed by atoms with E-state index in [1.807, 2.05) is 0 Å². The van der Waals surface area contributed by atoms with Crippen LogP contribution in [-0.4, -0.2) is 11.7 Å². The van der Waals surface area contributed by atoms with Gasteiger partial charge in [0.05, 0.1) is 0 Å². The third-order valence-corrected chi connectivity index (χ3v) is 3.90. The van der Waals surface area contributed by atoms with Crippen molar-refractivity contribution in [3.8, 4) is 0 Å². The average molecular weight is 274 g/mol. The smallest absolute Gasteiger partial charge is 0.318 e. The first-order valence-corrected chi connectivity index (χ1v) is 5.92. The summed E-state index contributed by atoms with van der Waals surface area (Å²) < 4.78 is 38.4. The summed E-state index contributed by atoms with van der Waals surface area (Å²) in [5.41, 5.74) is 3.65. The van der Waals surface area contributed by atoms with Gasteiger partial charge in [-0.3, -0.25) is 0 Å². The monoisotopic (exact) mass is 273 g/mol. The molecule has 0 aromatic heterocycles. The Morgan fingerprint density at radius 3 is 2.00 bits per heavy atom. The van der Waals surface area contributed by atoms with Crippen molar-refractivity contribution >= 4 is 12.4 Å². The number of alkyl halides is 3. The van der Waals surface area contributed by atoms with Crippen LogP contribution in [0.4, 0.5) is 13.2 Å². The molecule has 2 N–H and O–H groups in total. The molecule has 0 aliphatic heterocycles. The Morgan fingerprint density at radius 1 is 1.06 bits per heavy atom. The van der Waals surface area contributed by atoms with Crippen LogP contribution in [0.1, 0.15) is 52.9 Å². The Bertz CT molecular complexity index is 247. The van der Waals surface area contributed by atoms with E-state index in [0.717, 1.165) is 6.42 Å². The van der Waals surface area contributed by atoms with Gasteiger partial charge in [0, 0.05) is 0 Å². The van der Waals surface area contributed by atoms with Crippen molar-refractivity contribution in [1.29, 1.82) is 0 Å². The minimum absolute atomic E-state index is 0. The molecule has 0 aromatic carbocycles. The quantitative estimate of drug-likeness (QED) is 0.655. The standard InChI is InChI=1S/C12H22F3N.ClH/c1-10(2,3)9-5-4-7-11(16,8-6-9)12(13,14)15;/h9H,4-8,16H2,1-3H3;1H. The molecule has 1 aliphatic carbocycles. The summed E-state index contributed by atoms with van der Waals surface area (Å²) in [6.07, 6.45) is -2.10. The Kier molecular flexibility index (Phi) is 5.36. The van der Waals surface area contributed by atoms with E-state index in [4.69, 9.17) is 5.73 Å². The predicted molar refractivity (Wildman–Crippen MR) is 66.3 cm³/mol. The molecular formula is C12H23ClF3N. The fraction of sp³-hybridized carbons (Fsp3) is 1.00. The lowest BCUT2D eigenvalue weighted by Crippen LogP contribution is -2.53. The van der Waals surface area contributed by atoms with Crippen LogP contribution < -0.4 is 5.73 Å². The van der Waals surface area contributed by atoms with Crippen molar-refractivity contribution in [2.75, 3.05) is 0 Å². The second-order valence-electron chi connectivity index (χ2n) is 6.15. The van der Waals surface area contributed by atoms with Crippen LogP contribution in [0.25, 0.3) is 0 Å². The van der Waals surface area contributed by atoms with Gasteiger partial charge < -0.3 is 5.73 Å². The number of hydrogen-bond acceptors (Lipinski definition) is 1. The molecule has 0 aromatic rings. The van der Waals surface area contributed by atoms with E-state index in [2.05, 4.69) is 20.8 Å². The normalized spacial score (nSPS) is 31.6. The topological polar surface area (TPSA) is 26.0 Å². The molecule has 0 amide bonds. The van der Waals surface area contributed by atoms with Gasteiger partial charge in [-0.2, -0.15) is 13.2 Å². The highest BCUT2D eigenvalue weighted by Gasteiger charge is 2.52. The van der Waals surface area contributed by atoms with Crippen molar-refractivity contribution in [3.63, 3.8) is 0 Å². The highest BCUT2D eigenvalue weighted by Crippen LogP contribution is 2.44. The lowest BCUT2D eigenvalue weighted by molar-refractivity contribution is -0.189. The first kappa shape index (κ1) is 17.0. The van der Waals surface area contributed by atoms with Crippen LogP contribution in [-0.2, 0) is 0 Å². The largest absolute Gasteiger partial charge is 0.406 e. The zero-order chi connectivity index (χ0) is 12.6. The van der Waals surface area contributed by atoms with Gasteiger partial charge in [0.1, 0.15) is 5.54 Å². The first-order valence-electron chi connectivity index (χ1n) is 5.92. The van der Waals surface area contributed by atoms with Gasteiger partial charge in [0.25, 0.3) is 0 Å². The van der Waals surface area contributed by atoms with Crippen LogP contribution in [0.15, 0.2) is 0 Å². The lowest BCUT2D eigenvalue weighted by Gasteiger charge is -2.32. The van der Waals surface area contributed by atoms with Crippen LogP contribution in [0, 0.1) is 11.3 Å². The van der Waals surface area contributed by atoms with Crippen molar-refractivity contribution in [2.45, 2.75) is 64.6 Å². The fourth-order valence-corrected chi connectivity index (χ4v) is 2.51. The van der Waals surface area contributed by atoms with Crippen LogP contribution in [0.2, 0.25) is 0 Å². The molecule has 0 bridgehead atoms. The molecule has 1 saturated carbocycles. The molecule has 5 heteroatoms. The maximum atomic E-state index is 12.8. The second kappa shape index (κ2) is 5.35. The Balaban J connectivity index is 0.00000256. The molecule has 0 heterocycles. The minimum Gasteiger partial charge on any atom is -0.318 e. The van der Waals surface area contributed by atoms with Gasteiger partial charge in [-0.05, 0) is 37.0 Å². The third kappa shape index (κ3) is 4.02. The summed E-state index contributed by atoms with van der Waals surface area (Å²) in [6.45, 7) is 6.28. The van der Waals surface area contributed by atoms with Gasteiger partial charge in [0.15, 0.2) is 0 Å². The van der Waals surface area contributed by atoms with Gasteiger partial charge in [0.2, 0.25) is 0 Å². The molecule has 104 valence electrons. The van der Waals surface area contributed by atoms with E-state index < -0.39 is 11.7 Å². The summed E-state index contributed by atoms with van der Waals surface area (Å²) in [6, 6.07) is 0. The highest BCUT2D eigenvalue weighted by molar-refractivity contribution is 5.85. The van der Waals surface area contributed by atoms with Gasteiger partial charge >= 0.3 is 6.18 Å². The molecule has 1 fully saturated rings. The van der Waals surface area contributed by atoms with E-state index >= 15 is 0 Å². The van der Waals surface area contributed by atoms with E-state index in [1.54, 1.807) is 0 Å². The SMILES string of the molecule is CC(C)(C)C1CCCC(N)(C(F)(F)F)CC1.Cl. The van der Waals surface area contributed by atoms with Crippen LogP contribution >= 0.6 is 12.4 Å². The van der Waals surface area contributed by atoms with Crippen molar-refractivity contribution in [3.05, 3.63) is 0 Å². The molecule has 1 aliphatic rings. The zero-order valence-corrected chi connectivity index (χ0v) is 11.5. The highest BCUT2D eigenvalue weighted by atomic mass is 35.5.